The fraction of sp³-hybridized carbons (Fsp3) is 0.0556. The first kappa shape index (κ1) is 16.3. The maximum atomic E-state index is 11.4. The number of aryl methyl sites for hydroxylation is 1. The lowest BCUT2D eigenvalue weighted by Crippen LogP contribution is -2.18. The summed E-state index contributed by atoms with van der Waals surface area (Å²) in [6, 6.07) is 14.8. The van der Waals surface area contributed by atoms with E-state index in [-0.39, 0.29) is 17.1 Å². The van der Waals surface area contributed by atoms with Crippen LogP contribution in [0.25, 0.3) is 11.3 Å². The second-order valence-corrected chi connectivity index (χ2v) is 5.37. The fourth-order valence-corrected chi connectivity index (χ4v) is 2.19. The van der Waals surface area contributed by atoms with Crippen LogP contribution in [0.2, 0.25) is 0 Å². The summed E-state index contributed by atoms with van der Waals surface area (Å²) in [6.45, 7) is 0. The molecule has 0 atom stereocenters. The molecular weight excluding hydrogens is 320 g/mol. The summed E-state index contributed by atoms with van der Waals surface area (Å²) in [5.74, 6) is -0.0631. The minimum atomic E-state index is -0.158. The summed E-state index contributed by atoms with van der Waals surface area (Å²) in [4.78, 5) is 11.4. The third kappa shape index (κ3) is 3.84. The molecule has 0 bridgehead atoms. The van der Waals surface area contributed by atoms with Gasteiger partial charge >= 0.3 is 0 Å². The summed E-state index contributed by atoms with van der Waals surface area (Å²) in [7, 11) is 1.61. The van der Waals surface area contributed by atoms with Crippen LogP contribution in [0.15, 0.2) is 64.5 Å². The van der Waals surface area contributed by atoms with Gasteiger partial charge in [0.1, 0.15) is 11.5 Å². The van der Waals surface area contributed by atoms with Gasteiger partial charge in [0.25, 0.3) is 5.56 Å². The molecule has 0 saturated heterocycles. The molecule has 1 heterocycles. The van der Waals surface area contributed by atoms with Crippen molar-refractivity contribution in [3.05, 3.63) is 70.5 Å². The number of aromatic hydroxyl groups is 2. The number of rotatable bonds is 4. The summed E-state index contributed by atoms with van der Waals surface area (Å²) >= 11 is 0. The molecule has 1 aromatic heterocycles. The first-order valence-electron chi connectivity index (χ1n) is 7.49. The maximum absolute atomic E-state index is 11.4. The van der Waals surface area contributed by atoms with Gasteiger partial charge in [-0.25, -0.2) is 4.68 Å². The second kappa shape index (κ2) is 6.88. The van der Waals surface area contributed by atoms with Crippen LogP contribution in [0.1, 0.15) is 5.56 Å². The van der Waals surface area contributed by atoms with Crippen LogP contribution in [-0.2, 0) is 7.05 Å². The zero-order valence-corrected chi connectivity index (χ0v) is 13.4. The van der Waals surface area contributed by atoms with Crippen LogP contribution in [0.5, 0.6) is 11.5 Å². The Hall–Kier alpha value is -3.61. The standard InChI is InChI=1S/C18H16N4O3/c1-22-18(25)9-8-16(21-22)12-2-5-14(6-3-12)20-19-11-13-4-7-15(23)10-17(13)24/h2-11,20,23-24H,1H3. The molecular formula is C18H16N4O3. The van der Waals surface area contributed by atoms with E-state index in [9.17, 15) is 15.0 Å². The van der Waals surface area contributed by atoms with Gasteiger partial charge in [-0.3, -0.25) is 10.2 Å². The number of hydrogen-bond donors (Lipinski definition) is 3. The molecule has 3 aromatic rings. The molecule has 0 aliphatic carbocycles. The predicted octanol–water partition coefficient (Wildman–Crippen LogP) is 2.30. The number of hydrazone groups is 1. The number of nitrogens with zero attached hydrogens (tertiary/aromatic N) is 3. The molecule has 0 unspecified atom stereocenters. The molecule has 2 aromatic carbocycles. The lowest BCUT2D eigenvalue weighted by atomic mass is 10.1. The molecule has 25 heavy (non-hydrogen) atoms. The monoisotopic (exact) mass is 336 g/mol. The third-order valence-corrected chi connectivity index (χ3v) is 3.55. The quantitative estimate of drug-likeness (QED) is 0.501. The lowest BCUT2D eigenvalue weighted by Gasteiger charge is -2.05. The van der Waals surface area contributed by atoms with Crippen LogP contribution >= 0.6 is 0 Å². The van der Waals surface area contributed by atoms with Crippen molar-refractivity contribution in [2.45, 2.75) is 0 Å². The van der Waals surface area contributed by atoms with Gasteiger partial charge in [-0.2, -0.15) is 10.2 Å². The van der Waals surface area contributed by atoms with Gasteiger partial charge in [-0.05, 0) is 30.3 Å². The Kier molecular flexibility index (Phi) is 4.47. The number of aromatic nitrogens is 2. The molecule has 0 aliphatic heterocycles. The van der Waals surface area contributed by atoms with Crippen LogP contribution in [0, 0.1) is 0 Å². The molecule has 3 N–H and O–H groups in total. The molecule has 126 valence electrons. The Morgan fingerprint density at radius 1 is 1.08 bits per heavy atom. The Labute approximate surface area is 143 Å². The highest BCUT2D eigenvalue weighted by molar-refractivity contribution is 5.84. The maximum Gasteiger partial charge on any atom is 0.266 e. The highest BCUT2D eigenvalue weighted by Crippen LogP contribution is 2.21. The van der Waals surface area contributed by atoms with Gasteiger partial charge in [0.2, 0.25) is 0 Å². The molecule has 0 amide bonds. The van der Waals surface area contributed by atoms with Crippen molar-refractivity contribution in [2.24, 2.45) is 12.1 Å². The van der Waals surface area contributed by atoms with E-state index in [1.165, 1.54) is 29.1 Å². The molecule has 0 spiro atoms. The zero-order valence-electron chi connectivity index (χ0n) is 13.4. The van der Waals surface area contributed by atoms with Gasteiger partial charge in [0, 0.05) is 30.3 Å². The van der Waals surface area contributed by atoms with Crippen LogP contribution in [0.4, 0.5) is 5.69 Å². The largest absolute Gasteiger partial charge is 0.508 e. The average Bonchev–Trinajstić information content (AvgIpc) is 2.60. The van der Waals surface area contributed by atoms with E-state index in [0.717, 1.165) is 11.3 Å². The van der Waals surface area contributed by atoms with E-state index in [0.29, 0.717) is 11.3 Å². The Morgan fingerprint density at radius 3 is 2.52 bits per heavy atom. The number of nitrogens with one attached hydrogen (secondary N) is 1. The van der Waals surface area contributed by atoms with Crippen molar-refractivity contribution >= 4 is 11.9 Å². The zero-order chi connectivity index (χ0) is 17.8. The van der Waals surface area contributed by atoms with E-state index in [2.05, 4.69) is 15.6 Å². The van der Waals surface area contributed by atoms with Crippen molar-refractivity contribution in [3.63, 3.8) is 0 Å². The third-order valence-electron chi connectivity index (χ3n) is 3.55. The van der Waals surface area contributed by atoms with Crippen molar-refractivity contribution in [2.75, 3.05) is 5.43 Å². The molecule has 0 radical (unpaired) electrons. The van der Waals surface area contributed by atoms with E-state index in [1.54, 1.807) is 19.2 Å². The molecule has 3 rings (SSSR count). The Balaban J connectivity index is 1.71. The number of anilines is 1. The highest BCUT2D eigenvalue weighted by atomic mass is 16.3. The number of phenols is 2. The Bertz CT molecular complexity index is 978. The van der Waals surface area contributed by atoms with Gasteiger partial charge in [-0.15, -0.1) is 0 Å². The highest BCUT2D eigenvalue weighted by Gasteiger charge is 2.02. The summed E-state index contributed by atoms with van der Waals surface area (Å²) in [5, 5.41) is 27.2. The lowest BCUT2D eigenvalue weighted by molar-refractivity contribution is 0.450. The van der Waals surface area contributed by atoms with E-state index < -0.39 is 0 Å². The van der Waals surface area contributed by atoms with Crippen LogP contribution < -0.4 is 11.0 Å². The minimum Gasteiger partial charge on any atom is -0.508 e. The number of benzene rings is 2. The van der Waals surface area contributed by atoms with Crippen molar-refractivity contribution in [3.8, 4) is 22.8 Å². The van der Waals surface area contributed by atoms with Crippen molar-refractivity contribution < 1.29 is 10.2 Å². The molecule has 0 saturated carbocycles. The van der Waals surface area contributed by atoms with Gasteiger partial charge in [0.15, 0.2) is 0 Å². The average molecular weight is 336 g/mol. The van der Waals surface area contributed by atoms with E-state index in [1.807, 2.05) is 24.3 Å². The minimum absolute atomic E-state index is 0.00906. The summed E-state index contributed by atoms with van der Waals surface area (Å²) < 4.78 is 1.29. The molecule has 0 fully saturated rings. The van der Waals surface area contributed by atoms with Gasteiger partial charge in [0.05, 0.1) is 17.6 Å². The molecule has 7 nitrogen and oxygen atoms in total. The van der Waals surface area contributed by atoms with Gasteiger partial charge in [-0.1, -0.05) is 12.1 Å². The Morgan fingerprint density at radius 2 is 1.84 bits per heavy atom. The predicted molar refractivity (Wildman–Crippen MR) is 95.9 cm³/mol. The van der Waals surface area contributed by atoms with Gasteiger partial charge < -0.3 is 10.2 Å². The topological polar surface area (TPSA) is 99.7 Å². The van der Waals surface area contributed by atoms with E-state index >= 15 is 0 Å². The number of hydrogen-bond acceptors (Lipinski definition) is 6. The first-order valence-corrected chi connectivity index (χ1v) is 7.49. The van der Waals surface area contributed by atoms with E-state index in [4.69, 9.17) is 0 Å². The first-order chi connectivity index (χ1) is 12.0. The van der Waals surface area contributed by atoms with Crippen molar-refractivity contribution in [1.29, 1.82) is 0 Å². The second-order valence-electron chi connectivity index (χ2n) is 5.37. The normalized spacial score (nSPS) is 10.9. The van der Waals surface area contributed by atoms with Crippen molar-refractivity contribution in [1.82, 2.24) is 9.78 Å². The smallest absolute Gasteiger partial charge is 0.266 e. The summed E-state index contributed by atoms with van der Waals surface area (Å²) in [5.41, 5.74) is 5.51. The number of phenolic OH excluding ortho intramolecular Hbond substituents is 2. The van der Waals surface area contributed by atoms with Crippen LogP contribution in [0.3, 0.4) is 0 Å². The van der Waals surface area contributed by atoms with Crippen LogP contribution in [-0.4, -0.2) is 26.2 Å². The SMILES string of the molecule is Cn1nc(-c2ccc(NN=Cc3ccc(O)cc3O)cc2)ccc1=O. The molecule has 7 heteroatoms. The fourth-order valence-electron chi connectivity index (χ4n) is 2.19. The molecule has 0 aliphatic rings. The summed E-state index contributed by atoms with van der Waals surface area (Å²) in [6.07, 6.45) is 1.46.